The van der Waals surface area contributed by atoms with Crippen molar-refractivity contribution in [1.82, 2.24) is 15.6 Å². The summed E-state index contributed by atoms with van der Waals surface area (Å²) in [5.74, 6) is 0.917. The Labute approximate surface area is 183 Å². The number of nitrogens with zero attached hydrogens (tertiary/aromatic N) is 2. The molecule has 2 aromatic rings. The van der Waals surface area contributed by atoms with Crippen LogP contribution >= 0.6 is 24.0 Å². The largest absolute Gasteiger partial charge is 0.444 e. The van der Waals surface area contributed by atoms with Crippen molar-refractivity contribution >= 4 is 29.9 Å². The van der Waals surface area contributed by atoms with E-state index >= 15 is 0 Å². The molecule has 0 spiro atoms. The standard InChI is InChI=1S/C20H29FN4O2.HI/c1-20(2,3)17(26-5)12-24-19(22-4)23-11-10-16-13-27-18(25-16)14-6-8-15(21)9-7-14;/h6-9,13,17H,10-12H2,1-5H3,(H2,22,23,24);1H. The zero-order valence-electron chi connectivity index (χ0n) is 17.1. The van der Waals surface area contributed by atoms with Gasteiger partial charge in [-0.2, -0.15) is 0 Å². The zero-order valence-corrected chi connectivity index (χ0v) is 19.4. The number of oxazole rings is 1. The highest BCUT2D eigenvalue weighted by Crippen LogP contribution is 2.21. The van der Waals surface area contributed by atoms with Crippen LogP contribution in [-0.4, -0.2) is 44.3 Å². The summed E-state index contributed by atoms with van der Waals surface area (Å²) in [7, 11) is 3.45. The first kappa shape index (κ1) is 24.4. The third-order valence-electron chi connectivity index (χ3n) is 4.25. The van der Waals surface area contributed by atoms with Crippen LogP contribution in [0.5, 0.6) is 0 Å². The third kappa shape index (κ3) is 7.38. The molecular formula is C20H30FIN4O2. The van der Waals surface area contributed by atoms with Crippen LogP contribution in [0.25, 0.3) is 11.5 Å². The highest BCUT2D eigenvalue weighted by Gasteiger charge is 2.24. The molecule has 2 N–H and O–H groups in total. The second-order valence-electron chi connectivity index (χ2n) is 7.37. The van der Waals surface area contributed by atoms with Gasteiger partial charge in [0, 0.05) is 39.2 Å². The summed E-state index contributed by atoms with van der Waals surface area (Å²) < 4.78 is 24.0. The van der Waals surface area contributed by atoms with Crippen molar-refractivity contribution in [1.29, 1.82) is 0 Å². The van der Waals surface area contributed by atoms with Gasteiger partial charge in [0.05, 0.1) is 11.8 Å². The van der Waals surface area contributed by atoms with Crippen LogP contribution in [0, 0.1) is 11.2 Å². The first-order valence-electron chi connectivity index (χ1n) is 9.01. The fraction of sp³-hybridized carbons (Fsp3) is 0.500. The zero-order chi connectivity index (χ0) is 19.9. The average molecular weight is 504 g/mol. The molecule has 0 saturated heterocycles. The van der Waals surface area contributed by atoms with Crippen molar-refractivity contribution in [2.75, 3.05) is 27.2 Å². The molecule has 0 aliphatic heterocycles. The normalized spacial score (nSPS) is 13.0. The molecular weight excluding hydrogens is 474 g/mol. The Bertz CT molecular complexity index is 741. The molecule has 2 rings (SSSR count). The molecule has 28 heavy (non-hydrogen) atoms. The number of ether oxygens (including phenoxy) is 1. The second kappa shape index (κ2) is 11.4. The van der Waals surface area contributed by atoms with Gasteiger partial charge in [0.25, 0.3) is 0 Å². The molecule has 1 atom stereocenters. The van der Waals surface area contributed by atoms with Crippen LogP contribution in [0.3, 0.4) is 0 Å². The van der Waals surface area contributed by atoms with Crippen LogP contribution in [0.1, 0.15) is 26.5 Å². The minimum atomic E-state index is -0.282. The van der Waals surface area contributed by atoms with Crippen molar-refractivity contribution < 1.29 is 13.5 Å². The summed E-state index contributed by atoms with van der Waals surface area (Å²) in [5.41, 5.74) is 1.61. The monoisotopic (exact) mass is 504 g/mol. The number of halogens is 2. The van der Waals surface area contributed by atoms with E-state index in [0.29, 0.717) is 31.4 Å². The molecule has 1 aromatic carbocycles. The smallest absolute Gasteiger partial charge is 0.226 e. The van der Waals surface area contributed by atoms with E-state index in [0.717, 1.165) is 11.3 Å². The molecule has 0 saturated carbocycles. The number of guanidine groups is 1. The van der Waals surface area contributed by atoms with Gasteiger partial charge in [0.1, 0.15) is 12.1 Å². The Morgan fingerprint density at radius 3 is 2.50 bits per heavy atom. The first-order chi connectivity index (χ1) is 12.8. The Balaban J connectivity index is 0.00000392. The summed E-state index contributed by atoms with van der Waals surface area (Å²) in [5, 5.41) is 6.54. The molecule has 6 nitrogen and oxygen atoms in total. The average Bonchev–Trinajstić information content (AvgIpc) is 3.09. The van der Waals surface area contributed by atoms with E-state index in [1.165, 1.54) is 12.1 Å². The van der Waals surface area contributed by atoms with Gasteiger partial charge in [-0.25, -0.2) is 9.37 Å². The van der Waals surface area contributed by atoms with Gasteiger partial charge in [-0.3, -0.25) is 4.99 Å². The Morgan fingerprint density at radius 1 is 1.25 bits per heavy atom. The number of aromatic nitrogens is 1. The number of benzene rings is 1. The predicted octanol–water partition coefficient (Wildman–Crippen LogP) is 3.87. The van der Waals surface area contributed by atoms with Gasteiger partial charge in [0.2, 0.25) is 5.89 Å². The fourth-order valence-electron chi connectivity index (χ4n) is 2.61. The minimum absolute atomic E-state index is 0. The summed E-state index contributed by atoms with van der Waals surface area (Å²) in [6.07, 6.45) is 2.38. The van der Waals surface area contributed by atoms with E-state index in [4.69, 9.17) is 9.15 Å². The predicted molar refractivity (Wildman–Crippen MR) is 121 cm³/mol. The number of rotatable bonds is 7. The molecule has 0 aliphatic rings. The molecule has 8 heteroatoms. The molecule has 1 unspecified atom stereocenters. The van der Waals surface area contributed by atoms with Gasteiger partial charge in [0.15, 0.2) is 5.96 Å². The van der Waals surface area contributed by atoms with Gasteiger partial charge in [-0.15, -0.1) is 24.0 Å². The van der Waals surface area contributed by atoms with Crippen LogP contribution in [0.4, 0.5) is 4.39 Å². The molecule has 0 bridgehead atoms. The lowest BCUT2D eigenvalue weighted by molar-refractivity contribution is 0.0205. The van der Waals surface area contributed by atoms with Crippen molar-refractivity contribution in [2.24, 2.45) is 10.4 Å². The highest BCUT2D eigenvalue weighted by molar-refractivity contribution is 14.0. The first-order valence-corrected chi connectivity index (χ1v) is 9.01. The summed E-state index contributed by atoms with van der Waals surface area (Å²) in [6.45, 7) is 7.74. The van der Waals surface area contributed by atoms with Crippen molar-refractivity contribution in [3.8, 4) is 11.5 Å². The van der Waals surface area contributed by atoms with E-state index < -0.39 is 0 Å². The van der Waals surface area contributed by atoms with Gasteiger partial charge >= 0.3 is 0 Å². The van der Waals surface area contributed by atoms with E-state index in [1.807, 2.05) is 0 Å². The Hall–Kier alpha value is -1.68. The van der Waals surface area contributed by atoms with E-state index in [9.17, 15) is 4.39 Å². The van der Waals surface area contributed by atoms with Crippen LogP contribution in [0.15, 0.2) is 39.9 Å². The van der Waals surface area contributed by atoms with E-state index in [-0.39, 0.29) is 41.3 Å². The molecule has 156 valence electrons. The van der Waals surface area contributed by atoms with Crippen molar-refractivity contribution in [3.05, 3.63) is 42.0 Å². The third-order valence-corrected chi connectivity index (χ3v) is 4.25. The number of hydrogen-bond acceptors (Lipinski definition) is 4. The minimum Gasteiger partial charge on any atom is -0.444 e. The molecule has 1 heterocycles. The SMILES string of the molecule is CN=C(NCCc1coc(-c2ccc(F)cc2)n1)NCC(OC)C(C)(C)C.I. The van der Waals surface area contributed by atoms with Crippen molar-refractivity contribution in [3.63, 3.8) is 0 Å². The summed E-state index contributed by atoms with van der Waals surface area (Å²) >= 11 is 0. The molecule has 0 amide bonds. The number of nitrogens with one attached hydrogen (secondary N) is 2. The summed E-state index contributed by atoms with van der Waals surface area (Å²) in [4.78, 5) is 8.67. The topological polar surface area (TPSA) is 71.7 Å². The van der Waals surface area contributed by atoms with Crippen LogP contribution in [0.2, 0.25) is 0 Å². The second-order valence-corrected chi connectivity index (χ2v) is 7.37. The fourth-order valence-corrected chi connectivity index (χ4v) is 2.61. The molecule has 1 aromatic heterocycles. The quantitative estimate of drug-likeness (QED) is 0.341. The highest BCUT2D eigenvalue weighted by atomic mass is 127. The summed E-state index contributed by atoms with van der Waals surface area (Å²) in [6, 6.07) is 6.08. The maximum Gasteiger partial charge on any atom is 0.226 e. The molecule has 0 aliphatic carbocycles. The van der Waals surface area contributed by atoms with Gasteiger partial charge < -0.3 is 19.8 Å². The lowest BCUT2D eigenvalue weighted by atomic mass is 9.89. The number of hydrogen-bond donors (Lipinski definition) is 2. The van der Waals surface area contributed by atoms with Crippen molar-refractivity contribution in [2.45, 2.75) is 33.3 Å². The van der Waals surface area contributed by atoms with E-state index in [1.54, 1.807) is 32.6 Å². The Morgan fingerprint density at radius 2 is 1.93 bits per heavy atom. The van der Waals surface area contributed by atoms with Gasteiger partial charge in [-0.1, -0.05) is 20.8 Å². The van der Waals surface area contributed by atoms with Gasteiger partial charge in [-0.05, 0) is 29.7 Å². The molecule has 0 radical (unpaired) electrons. The van der Waals surface area contributed by atoms with E-state index in [2.05, 4.69) is 41.4 Å². The maximum atomic E-state index is 13.0. The lowest BCUT2D eigenvalue weighted by Gasteiger charge is -2.30. The molecule has 0 fully saturated rings. The number of methoxy groups -OCH3 is 1. The number of aliphatic imine (C=N–C) groups is 1. The van der Waals surface area contributed by atoms with Crippen LogP contribution < -0.4 is 10.6 Å². The lowest BCUT2D eigenvalue weighted by Crippen LogP contribution is -2.45. The van der Waals surface area contributed by atoms with Crippen LogP contribution in [-0.2, 0) is 11.2 Å². The maximum absolute atomic E-state index is 13.0. The Kier molecular flexibility index (Phi) is 9.88.